The fourth-order valence-corrected chi connectivity index (χ4v) is 4.25. The summed E-state index contributed by atoms with van der Waals surface area (Å²) in [5.74, 6) is 2.01. The zero-order valence-electron chi connectivity index (χ0n) is 16.6. The zero-order chi connectivity index (χ0) is 19.4. The largest absolute Gasteiger partial charge is 0.507 e. The predicted molar refractivity (Wildman–Crippen MR) is 104 cm³/mol. The summed E-state index contributed by atoms with van der Waals surface area (Å²) in [5.41, 5.74) is 1.65. The molecule has 1 aliphatic carbocycles. The van der Waals surface area contributed by atoms with Crippen LogP contribution in [0.4, 0.5) is 0 Å². The number of aromatic hydroxyl groups is 1. The first-order chi connectivity index (χ1) is 13.0. The summed E-state index contributed by atoms with van der Waals surface area (Å²) in [5, 5.41) is 10.6. The lowest BCUT2D eigenvalue weighted by Gasteiger charge is -2.14. The van der Waals surface area contributed by atoms with Gasteiger partial charge in [-0.25, -0.2) is 9.13 Å². The molecule has 0 saturated heterocycles. The number of carbonyl (C=O) groups excluding carboxylic acids is 1. The average Bonchev–Trinajstić information content (AvgIpc) is 3.27. The predicted octanol–water partition coefficient (Wildman–Crippen LogP) is 3.59. The van der Waals surface area contributed by atoms with Crippen molar-refractivity contribution in [1.29, 1.82) is 0 Å². The number of carbonyl (C=O) groups is 1. The van der Waals surface area contributed by atoms with Crippen LogP contribution >= 0.6 is 0 Å². The molecule has 0 unspecified atom stereocenters. The molecule has 1 N–H and O–H groups in total. The van der Waals surface area contributed by atoms with Crippen LogP contribution in [0.1, 0.15) is 68.3 Å². The topological polar surface area (TPSA) is 55.3 Å². The van der Waals surface area contributed by atoms with Gasteiger partial charge < -0.3 is 9.84 Å². The number of aryl methyl sites for hydroxylation is 1. The molecule has 1 aromatic carbocycles. The van der Waals surface area contributed by atoms with E-state index in [2.05, 4.69) is 23.0 Å². The number of rotatable bonds is 7. The van der Waals surface area contributed by atoms with Gasteiger partial charge in [0.2, 0.25) is 0 Å². The normalized spacial score (nSPS) is 14.8. The molecule has 1 aliphatic rings. The first-order valence-corrected chi connectivity index (χ1v) is 9.98. The van der Waals surface area contributed by atoms with Crippen molar-refractivity contribution in [2.24, 2.45) is 7.05 Å². The summed E-state index contributed by atoms with van der Waals surface area (Å²) in [6.45, 7) is 5.26. The van der Waals surface area contributed by atoms with E-state index >= 15 is 0 Å². The van der Waals surface area contributed by atoms with Crippen LogP contribution < -0.4 is 4.57 Å². The Balaban J connectivity index is 1.56. The van der Waals surface area contributed by atoms with Crippen LogP contribution in [0.5, 0.6) is 5.75 Å². The number of para-hydroxylation sites is 1. The summed E-state index contributed by atoms with van der Waals surface area (Å²) < 4.78 is 9.65. The Morgan fingerprint density at radius 3 is 2.78 bits per heavy atom. The van der Waals surface area contributed by atoms with Crippen molar-refractivity contribution in [2.75, 3.05) is 6.61 Å². The minimum absolute atomic E-state index is 0.114. The summed E-state index contributed by atoms with van der Waals surface area (Å²) in [4.78, 5) is 12.3. The Kier molecular flexibility index (Phi) is 6.19. The lowest BCUT2D eigenvalue weighted by atomic mass is 9.94. The Morgan fingerprint density at radius 2 is 2.07 bits per heavy atom. The van der Waals surface area contributed by atoms with Crippen molar-refractivity contribution in [1.82, 2.24) is 4.57 Å². The fraction of sp³-hybridized carbons (Fsp3) is 0.545. The average molecular weight is 372 g/mol. The second-order valence-corrected chi connectivity index (χ2v) is 7.85. The molecule has 1 heterocycles. The van der Waals surface area contributed by atoms with Gasteiger partial charge in [0.05, 0.1) is 19.4 Å². The van der Waals surface area contributed by atoms with Gasteiger partial charge in [0.25, 0.3) is 5.82 Å². The van der Waals surface area contributed by atoms with Gasteiger partial charge in [0, 0.05) is 5.56 Å². The van der Waals surface area contributed by atoms with Crippen LogP contribution in [0.25, 0.3) is 0 Å². The van der Waals surface area contributed by atoms with Gasteiger partial charge in [0.15, 0.2) is 0 Å². The molecule has 1 saturated carbocycles. The maximum absolute atomic E-state index is 12.3. The van der Waals surface area contributed by atoms with Gasteiger partial charge in [-0.2, -0.15) is 0 Å². The monoisotopic (exact) mass is 371 g/mol. The van der Waals surface area contributed by atoms with Crippen molar-refractivity contribution < 1.29 is 19.2 Å². The maximum Gasteiger partial charge on any atom is 0.310 e. The van der Waals surface area contributed by atoms with Crippen LogP contribution in [-0.2, 0) is 29.5 Å². The summed E-state index contributed by atoms with van der Waals surface area (Å²) in [6.07, 6.45) is 8.81. The molecule has 1 aromatic heterocycles. The summed E-state index contributed by atoms with van der Waals surface area (Å²) in [7, 11) is 2.03. The summed E-state index contributed by atoms with van der Waals surface area (Å²) in [6, 6.07) is 5.74. The number of esters is 1. The van der Waals surface area contributed by atoms with Crippen LogP contribution in [0.15, 0.2) is 30.6 Å². The number of ether oxygens (including phenoxy) is 1. The van der Waals surface area contributed by atoms with Crippen LogP contribution in [-0.4, -0.2) is 22.2 Å². The Bertz CT molecular complexity index is 789. The Morgan fingerprint density at radius 1 is 1.33 bits per heavy atom. The van der Waals surface area contributed by atoms with E-state index in [1.165, 1.54) is 18.7 Å². The number of phenols is 1. The number of imidazole rings is 1. The van der Waals surface area contributed by atoms with Gasteiger partial charge in [0.1, 0.15) is 31.3 Å². The van der Waals surface area contributed by atoms with E-state index < -0.39 is 0 Å². The molecule has 0 spiro atoms. The summed E-state index contributed by atoms with van der Waals surface area (Å²) >= 11 is 0. The third-order valence-corrected chi connectivity index (χ3v) is 5.52. The maximum atomic E-state index is 12.3. The third kappa shape index (κ3) is 4.52. The second kappa shape index (κ2) is 8.59. The minimum atomic E-state index is -0.295. The van der Waals surface area contributed by atoms with Gasteiger partial charge in [-0.3, -0.25) is 4.79 Å². The van der Waals surface area contributed by atoms with Gasteiger partial charge in [-0.05, 0) is 24.3 Å². The Labute approximate surface area is 161 Å². The van der Waals surface area contributed by atoms with Crippen LogP contribution in [0, 0.1) is 0 Å². The lowest BCUT2D eigenvalue weighted by molar-refractivity contribution is -0.680. The zero-order valence-corrected chi connectivity index (χ0v) is 16.6. The van der Waals surface area contributed by atoms with E-state index in [0.717, 1.165) is 18.4 Å². The van der Waals surface area contributed by atoms with E-state index in [-0.39, 0.29) is 18.1 Å². The highest BCUT2D eigenvalue weighted by molar-refractivity contribution is 5.73. The van der Waals surface area contributed by atoms with Gasteiger partial charge in [-0.1, -0.05) is 44.9 Å². The SMILES string of the molecule is CC(C)c1n(CCOC(=O)Cc2cccc(C3CCCC3)c2O)cc[n+]1C. The first-order valence-electron chi connectivity index (χ1n) is 9.98. The molecule has 3 rings (SSSR count). The molecule has 0 bridgehead atoms. The number of benzene rings is 1. The van der Waals surface area contributed by atoms with Crippen LogP contribution in [0.3, 0.4) is 0 Å². The van der Waals surface area contributed by atoms with E-state index in [4.69, 9.17) is 4.74 Å². The van der Waals surface area contributed by atoms with E-state index in [1.807, 2.05) is 37.6 Å². The molecular weight excluding hydrogens is 340 g/mol. The first kappa shape index (κ1) is 19.5. The Hall–Kier alpha value is -2.30. The third-order valence-electron chi connectivity index (χ3n) is 5.52. The molecule has 27 heavy (non-hydrogen) atoms. The molecule has 0 amide bonds. The van der Waals surface area contributed by atoms with Crippen molar-refractivity contribution in [2.45, 2.75) is 64.3 Å². The highest BCUT2D eigenvalue weighted by atomic mass is 16.5. The van der Waals surface area contributed by atoms with Gasteiger partial charge in [-0.15, -0.1) is 0 Å². The molecule has 0 radical (unpaired) electrons. The number of hydrogen-bond donors (Lipinski definition) is 1. The van der Waals surface area contributed by atoms with Crippen molar-refractivity contribution >= 4 is 5.97 Å². The standard InChI is InChI=1S/C22H30N2O3/c1-16(2)22-23(3)11-12-24(22)13-14-27-20(25)15-18-9-6-10-19(21(18)26)17-7-4-5-8-17/h6,9-12,16-17H,4-5,7-8,13-15H2,1-3H3/p+1. The fourth-order valence-electron chi connectivity index (χ4n) is 4.25. The van der Waals surface area contributed by atoms with E-state index in [1.54, 1.807) is 0 Å². The molecule has 146 valence electrons. The smallest absolute Gasteiger partial charge is 0.310 e. The van der Waals surface area contributed by atoms with Gasteiger partial charge >= 0.3 is 5.97 Å². The number of nitrogens with zero attached hydrogens (tertiary/aromatic N) is 2. The molecule has 5 nitrogen and oxygen atoms in total. The quantitative estimate of drug-likeness (QED) is 0.598. The van der Waals surface area contributed by atoms with Crippen molar-refractivity contribution in [3.05, 3.63) is 47.5 Å². The number of phenolic OH excluding ortho intramolecular Hbond substituents is 1. The molecule has 2 aromatic rings. The van der Waals surface area contributed by atoms with E-state index in [9.17, 15) is 9.90 Å². The minimum Gasteiger partial charge on any atom is -0.507 e. The highest BCUT2D eigenvalue weighted by Crippen LogP contribution is 2.39. The van der Waals surface area contributed by atoms with Crippen molar-refractivity contribution in [3.8, 4) is 5.75 Å². The molecule has 1 fully saturated rings. The van der Waals surface area contributed by atoms with E-state index in [0.29, 0.717) is 30.6 Å². The highest BCUT2D eigenvalue weighted by Gasteiger charge is 2.22. The molecular formula is C22H31N2O3+. The van der Waals surface area contributed by atoms with Crippen molar-refractivity contribution in [3.63, 3.8) is 0 Å². The second-order valence-electron chi connectivity index (χ2n) is 7.85. The lowest BCUT2D eigenvalue weighted by Crippen LogP contribution is -2.33. The molecule has 0 aliphatic heterocycles. The molecule has 5 heteroatoms. The number of aromatic nitrogens is 2. The van der Waals surface area contributed by atoms with Crippen LogP contribution in [0.2, 0.25) is 0 Å². The molecule has 0 atom stereocenters. The number of hydrogen-bond acceptors (Lipinski definition) is 3.